The molecule has 1 heterocycles. The number of rotatable bonds is 6. The van der Waals surface area contributed by atoms with Crippen molar-refractivity contribution in [1.29, 1.82) is 0 Å². The normalized spacial score (nSPS) is 23.5. The zero-order chi connectivity index (χ0) is 16.2. The quantitative estimate of drug-likeness (QED) is 0.647. The summed E-state index contributed by atoms with van der Waals surface area (Å²) in [6.07, 6.45) is 4.94. The van der Waals surface area contributed by atoms with Crippen LogP contribution in [0.1, 0.15) is 39.0 Å². The Morgan fingerprint density at radius 2 is 1.65 bits per heavy atom. The first kappa shape index (κ1) is 16.0. The molecule has 0 spiro atoms. The Bertz CT molecular complexity index is 568. The Labute approximate surface area is 136 Å². The van der Waals surface area contributed by atoms with Crippen molar-refractivity contribution in [1.82, 2.24) is 10.9 Å². The van der Waals surface area contributed by atoms with E-state index in [0.29, 0.717) is 6.04 Å². The van der Waals surface area contributed by atoms with E-state index < -0.39 is 0 Å². The average Bonchev–Trinajstić information content (AvgIpc) is 3.29. The second-order valence-corrected chi connectivity index (χ2v) is 6.39. The number of amides is 2. The first-order chi connectivity index (χ1) is 11.2. The SMILES string of the molecule is CCCC1CC(C(=O)Nc2ccc(NC(=O)C3CC3)cc2)NN1. The Balaban J connectivity index is 1.49. The van der Waals surface area contributed by atoms with E-state index in [0.717, 1.165) is 43.5 Å². The molecule has 23 heavy (non-hydrogen) atoms. The molecule has 0 bridgehead atoms. The third-order valence-corrected chi connectivity index (χ3v) is 4.30. The van der Waals surface area contributed by atoms with Crippen LogP contribution in [-0.2, 0) is 9.59 Å². The summed E-state index contributed by atoms with van der Waals surface area (Å²) in [5.74, 6) is 0.238. The molecule has 2 aliphatic rings. The van der Waals surface area contributed by atoms with Crippen LogP contribution in [0, 0.1) is 5.92 Å². The molecule has 0 radical (unpaired) electrons. The van der Waals surface area contributed by atoms with Gasteiger partial charge in [0.15, 0.2) is 0 Å². The Morgan fingerprint density at radius 3 is 2.22 bits per heavy atom. The number of nitrogens with one attached hydrogen (secondary N) is 4. The molecular weight excluding hydrogens is 292 g/mol. The predicted molar refractivity (Wildman–Crippen MR) is 89.8 cm³/mol. The van der Waals surface area contributed by atoms with E-state index in [1.165, 1.54) is 0 Å². The van der Waals surface area contributed by atoms with E-state index in [9.17, 15) is 9.59 Å². The maximum Gasteiger partial charge on any atom is 0.242 e. The molecule has 0 aromatic heterocycles. The van der Waals surface area contributed by atoms with Gasteiger partial charge in [-0.15, -0.1) is 0 Å². The molecule has 2 fully saturated rings. The lowest BCUT2D eigenvalue weighted by atomic mass is 10.1. The van der Waals surface area contributed by atoms with Crippen molar-refractivity contribution in [3.05, 3.63) is 24.3 Å². The van der Waals surface area contributed by atoms with E-state index in [1.807, 2.05) is 24.3 Å². The van der Waals surface area contributed by atoms with Crippen molar-refractivity contribution in [2.45, 2.75) is 51.1 Å². The van der Waals surface area contributed by atoms with Crippen LogP contribution in [0.5, 0.6) is 0 Å². The molecule has 3 rings (SSSR count). The van der Waals surface area contributed by atoms with Gasteiger partial charge in [-0.3, -0.25) is 15.0 Å². The molecule has 2 unspecified atom stereocenters. The molecule has 1 aliphatic carbocycles. The van der Waals surface area contributed by atoms with Gasteiger partial charge < -0.3 is 10.6 Å². The van der Waals surface area contributed by atoms with Crippen LogP contribution in [0.2, 0.25) is 0 Å². The van der Waals surface area contributed by atoms with Crippen LogP contribution in [0.4, 0.5) is 11.4 Å². The van der Waals surface area contributed by atoms with Gasteiger partial charge >= 0.3 is 0 Å². The average molecular weight is 316 g/mol. The summed E-state index contributed by atoms with van der Waals surface area (Å²) in [6.45, 7) is 2.14. The Kier molecular flexibility index (Phi) is 4.93. The van der Waals surface area contributed by atoms with Crippen molar-refractivity contribution < 1.29 is 9.59 Å². The van der Waals surface area contributed by atoms with E-state index in [2.05, 4.69) is 28.4 Å². The third-order valence-electron chi connectivity index (χ3n) is 4.30. The zero-order valence-corrected chi connectivity index (χ0v) is 13.4. The van der Waals surface area contributed by atoms with Gasteiger partial charge in [-0.05, 0) is 49.9 Å². The molecule has 1 aliphatic heterocycles. The monoisotopic (exact) mass is 316 g/mol. The third kappa shape index (κ3) is 4.30. The van der Waals surface area contributed by atoms with Crippen molar-refractivity contribution >= 4 is 23.2 Å². The Morgan fingerprint density at radius 1 is 1.04 bits per heavy atom. The summed E-state index contributed by atoms with van der Waals surface area (Å²) in [6, 6.07) is 7.40. The number of carbonyl (C=O) groups excluding carboxylic acids is 2. The summed E-state index contributed by atoms with van der Waals surface area (Å²) in [4.78, 5) is 23.9. The van der Waals surface area contributed by atoms with Crippen LogP contribution in [0.3, 0.4) is 0 Å². The lowest BCUT2D eigenvalue weighted by Gasteiger charge is -2.11. The number of anilines is 2. The molecule has 1 aromatic rings. The summed E-state index contributed by atoms with van der Waals surface area (Å²) >= 11 is 0. The molecular formula is C17H24N4O2. The fourth-order valence-corrected chi connectivity index (χ4v) is 2.79. The standard InChI is InChI=1S/C17H24N4O2/c1-2-3-14-10-15(21-20-14)17(23)19-13-8-6-12(7-9-13)18-16(22)11-4-5-11/h6-9,11,14-15,20-21H,2-5,10H2,1H3,(H,18,22)(H,19,23). The fourth-order valence-electron chi connectivity index (χ4n) is 2.79. The smallest absolute Gasteiger partial charge is 0.242 e. The number of hydrogen-bond donors (Lipinski definition) is 4. The van der Waals surface area contributed by atoms with Crippen LogP contribution in [0.25, 0.3) is 0 Å². The van der Waals surface area contributed by atoms with E-state index in [4.69, 9.17) is 0 Å². The molecule has 2 amide bonds. The molecule has 124 valence electrons. The lowest BCUT2D eigenvalue weighted by molar-refractivity contribution is -0.118. The van der Waals surface area contributed by atoms with Crippen LogP contribution in [-0.4, -0.2) is 23.9 Å². The Hall–Kier alpha value is -1.92. The van der Waals surface area contributed by atoms with Crippen LogP contribution in [0.15, 0.2) is 24.3 Å². The maximum atomic E-state index is 12.2. The van der Waals surface area contributed by atoms with Gasteiger partial charge in [0.2, 0.25) is 11.8 Å². The minimum Gasteiger partial charge on any atom is -0.326 e. The summed E-state index contributed by atoms with van der Waals surface area (Å²) in [7, 11) is 0. The van der Waals surface area contributed by atoms with E-state index in [1.54, 1.807) is 0 Å². The molecule has 1 saturated carbocycles. The fraction of sp³-hybridized carbons (Fsp3) is 0.529. The predicted octanol–water partition coefficient (Wildman–Crippen LogP) is 2.01. The number of carbonyl (C=O) groups is 2. The molecule has 1 aromatic carbocycles. The second kappa shape index (κ2) is 7.10. The molecule has 6 nitrogen and oxygen atoms in total. The highest BCUT2D eigenvalue weighted by Crippen LogP contribution is 2.30. The molecule has 4 N–H and O–H groups in total. The van der Waals surface area contributed by atoms with E-state index >= 15 is 0 Å². The van der Waals surface area contributed by atoms with Gasteiger partial charge in [-0.1, -0.05) is 13.3 Å². The van der Waals surface area contributed by atoms with Gasteiger partial charge in [0.05, 0.1) is 0 Å². The highest BCUT2D eigenvalue weighted by atomic mass is 16.2. The zero-order valence-electron chi connectivity index (χ0n) is 13.4. The van der Waals surface area contributed by atoms with Gasteiger partial charge in [0, 0.05) is 23.3 Å². The largest absolute Gasteiger partial charge is 0.326 e. The topological polar surface area (TPSA) is 82.3 Å². The summed E-state index contributed by atoms with van der Waals surface area (Å²) < 4.78 is 0. The van der Waals surface area contributed by atoms with Crippen molar-refractivity contribution in [3.63, 3.8) is 0 Å². The van der Waals surface area contributed by atoms with Gasteiger partial charge in [-0.2, -0.15) is 0 Å². The first-order valence-electron chi connectivity index (χ1n) is 8.38. The van der Waals surface area contributed by atoms with E-state index in [-0.39, 0.29) is 23.8 Å². The van der Waals surface area contributed by atoms with Crippen LogP contribution >= 0.6 is 0 Å². The maximum absolute atomic E-state index is 12.2. The minimum atomic E-state index is -0.208. The molecule has 1 saturated heterocycles. The molecule has 2 atom stereocenters. The lowest BCUT2D eigenvalue weighted by Crippen LogP contribution is -2.40. The summed E-state index contributed by atoms with van der Waals surface area (Å²) in [5, 5.41) is 5.79. The van der Waals surface area contributed by atoms with Gasteiger partial charge in [0.1, 0.15) is 6.04 Å². The minimum absolute atomic E-state index is 0.0362. The van der Waals surface area contributed by atoms with Crippen molar-refractivity contribution in [2.75, 3.05) is 10.6 Å². The number of hydrazine groups is 1. The highest BCUT2D eigenvalue weighted by molar-refractivity contribution is 5.96. The summed E-state index contributed by atoms with van der Waals surface area (Å²) in [5.41, 5.74) is 7.72. The highest BCUT2D eigenvalue weighted by Gasteiger charge is 2.30. The number of benzene rings is 1. The van der Waals surface area contributed by atoms with Gasteiger partial charge in [-0.25, -0.2) is 5.43 Å². The van der Waals surface area contributed by atoms with Crippen molar-refractivity contribution in [2.24, 2.45) is 5.92 Å². The number of hydrogen-bond acceptors (Lipinski definition) is 4. The molecule has 6 heteroatoms. The van der Waals surface area contributed by atoms with Crippen molar-refractivity contribution in [3.8, 4) is 0 Å². The van der Waals surface area contributed by atoms with Crippen LogP contribution < -0.4 is 21.5 Å². The second-order valence-electron chi connectivity index (χ2n) is 6.39. The van der Waals surface area contributed by atoms with Gasteiger partial charge in [0.25, 0.3) is 0 Å². The first-order valence-corrected chi connectivity index (χ1v) is 8.38.